The highest BCUT2D eigenvalue weighted by atomic mass is 32.3. The zero-order valence-electron chi connectivity index (χ0n) is 39.6. The monoisotopic (exact) mass is 925 g/mol. The Bertz CT molecular complexity index is 1390. The molecule has 1 aliphatic heterocycles. The highest BCUT2D eigenvalue weighted by molar-refractivity contribution is 7.80. The van der Waals surface area contributed by atoms with Gasteiger partial charge < -0.3 is 34.3 Å². The van der Waals surface area contributed by atoms with Crippen LogP contribution in [0.15, 0.2) is 72.9 Å². The van der Waals surface area contributed by atoms with Gasteiger partial charge in [0, 0.05) is 13.0 Å². The van der Waals surface area contributed by atoms with Crippen LogP contribution in [0.5, 0.6) is 0 Å². The lowest BCUT2D eigenvalue weighted by molar-refractivity contribution is -0.301. The number of esters is 1. The van der Waals surface area contributed by atoms with Crippen LogP contribution >= 0.6 is 0 Å². The van der Waals surface area contributed by atoms with E-state index in [0.29, 0.717) is 13.0 Å². The molecule has 370 valence electrons. The topological polar surface area (TPSA) is 178 Å². The molecule has 0 spiro atoms. The van der Waals surface area contributed by atoms with Crippen LogP contribution in [-0.4, -0.2) is 97.5 Å². The standard InChI is InChI=1S/C51H88O12S/c1-3-5-7-9-11-13-15-17-19-21-22-23-25-27-29-31-33-35-37-39-41-59-43-45(44-60-51-49(55)50(63-64(56,57)58)48(54)46(42-52)62-51)61-47(53)40-38-36-34-32-30-28-26-24-20-18-16-14-12-10-8-6-4-2/h6,8,11-14,17-20,22-23,45-46,48-52,54-55H,3-5,7,9-10,15-16,21,24-44H2,1-2H3,(H,56,57,58)/b8-6-,13-11-,14-12-,19-17-,20-18-,23-22-. The Morgan fingerprint density at radius 2 is 1.08 bits per heavy atom. The highest BCUT2D eigenvalue weighted by Gasteiger charge is 2.48. The van der Waals surface area contributed by atoms with E-state index >= 15 is 0 Å². The minimum atomic E-state index is -5.07. The summed E-state index contributed by atoms with van der Waals surface area (Å²) in [5.41, 5.74) is 0. The van der Waals surface area contributed by atoms with E-state index in [1.807, 2.05) is 0 Å². The number of hydrogen-bond donors (Lipinski definition) is 4. The van der Waals surface area contributed by atoms with Gasteiger partial charge in [-0.3, -0.25) is 9.35 Å². The van der Waals surface area contributed by atoms with Crippen LogP contribution in [-0.2, 0) is 38.3 Å². The third-order valence-electron chi connectivity index (χ3n) is 10.8. The molecular weight excluding hydrogens is 837 g/mol. The summed E-state index contributed by atoms with van der Waals surface area (Å²) >= 11 is 0. The third-order valence-corrected chi connectivity index (χ3v) is 11.3. The molecule has 12 nitrogen and oxygen atoms in total. The largest absolute Gasteiger partial charge is 0.457 e. The van der Waals surface area contributed by atoms with E-state index in [2.05, 4.69) is 90.9 Å². The molecule has 4 N–H and O–H groups in total. The quantitative estimate of drug-likeness (QED) is 0.0197. The maximum absolute atomic E-state index is 12.9. The molecule has 0 radical (unpaired) electrons. The molecule has 64 heavy (non-hydrogen) atoms. The number of rotatable bonds is 42. The van der Waals surface area contributed by atoms with Gasteiger partial charge in [-0.1, -0.05) is 164 Å². The average molecular weight is 925 g/mol. The van der Waals surface area contributed by atoms with E-state index in [1.54, 1.807) is 0 Å². The predicted octanol–water partition coefficient (Wildman–Crippen LogP) is 11.1. The van der Waals surface area contributed by atoms with Gasteiger partial charge in [0.2, 0.25) is 0 Å². The SMILES string of the molecule is CC/C=C\C/C=C\C/C=C\CCCCCCCCCC(=O)OC(COCCCCCCCCC/C=C\C/C=C\C/C=C\CCCCC)COC1OC(CO)C(O)C(OS(=O)(=O)O)C1O. The van der Waals surface area contributed by atoms with Crippen molar-refractivity contribution < 1.29 is 56.2 Å². The van der Waals surface area contributed by atoms with Gasteiger partial charge in [-0.15, -0.1) is 0 Å². The summed E-state index contributed by atoms with van der Waals surface area (Å²) in [7, 11) is -5.07. The van der Waals surface area contributed by atoms with Crippen LogP contribution in [0.3, 0.4) is 0 Å². The Kier molecular flexibility index (Phi) is 39.0. The Labute approximate surface area is 388 Å². The fourth-order valence-electron chi connectivity index (χ4n) is 7.10. The number of aliphatic hydroxyl groups excluding tert-OH is 3. The van der Waals surface area contributed by atoms with Crippen LogP contribution in [0.2, 0.25) is 0 Å². The van der Waals surface area contributed by atoms with Crippen molar-refractivity contribution in [2.75, 3.05) is 26.4 Å². The van der Waals surface area contributed by atoms with Crippen LogP contribution in [0.1, 0.15) is 181 Å². The molecule has 0 aromatic carbocycles. The van der Waals surface area contributed by atoms with Crippen molar-refractivity contribution in [1.82, 2.24) is 0 Å². The van der Waals surface area contributed by atoms with Crippen LogP contribution in [0, 0.1) is 0 Å². The van der Waals surface area contributed by atoms with Crippen molar-refractivity contribution in [3.05, 3.63) is 72.9 Å². The fraction of sp³-hybridized carbons (Fsp3) is 0.745. The second kappa shape index (κ2) is 41.9. The zero-order valence-corrected chi connectivity index (χ0v) is 40.4. The fourth-order valence-corrected chi connectivity index (χ4v) is 7.61. The van der Waals surface area contributed by atoms with E-state index in [4.69, 9.17) is 18.9 Å². The van der Waals surface area contributed by atoms with Crippen LogP contribution < -0.4 is 0 Å². The van der Waals surface area contributed by atoms with E-state index in [0.717, 1.165) is 96.3 Å². The minimum absolute atomic E-state index is 0.0214. The number of hydrogen-bond acceptors (Lipinski definition) is 11. The first-order valence-electron chi connectivity index (χ1n) is 24.7. The predicted molar refractivity (Wildman–Crippen MR) is 257 cm³/mol. The highest BCUT2D eigenvalue weighted by Crippen LogP contribution is 2.26. The number of aliphatic hydroxyl groups is 3. The second-order valence-electron chi connectivity index (χ2n) is 16.7. The zero-order chi connectivity index (χ0) is 46.8. The minimum Gasteiger partial charge on any atom is -0.457 e. The van der Waals surface area contributed by atoms with E-state index in [9.17, 15) is 33.1 Å². The smallest absolute Gasteiger partial charge is 0.397 e. The summed E-state index contributed by atoms with van der Waals surface area (Å²) in [5.74, 6) is -0.415. The molecule has 13 heteroatoms. The van der Waals surface area contributed by atoms with E-state index in [1.165, 1.54) is 57.8 Å². The number of carbonyl (C=O) groups excluding carboxylic acids is 1. The summed E-state index contributed by atoms with van der Waals surface area (Å²) in [4.78, 5) is 12.9. The summed E-state index contributed by atoms with van der Waals surface area (Å²) in [6.45, 7) is 3.81. The molecule has 0 aromatic rings. The molecular formula is C51H88O12S. The molecule has 6 atom stereocenters. The van der Waals surface area contributed by atoms with Crippen molar-refractivity contribution >= 4 is 16.4 Å². The molecule has 1 rings (SSSR count). The Hall–Kier alpha value is -2.46. The molecule has 1 fully saturated rings. The molecule has 0 aliphatic carbocycles. The molecule has 1 saturated heterocycles. The van der Waals surface area contributed by atoms with Crippen molar-refractivity contribution in [3.63, 3.8) is 0 Å². The first-order valence-corrected chi connectivity index (χ1v) is 26.1. The summed E-state index contributed by atoms with van der Waals surface area (Å²) in [5, 5.41) is 30.7. The molecule has 0 bridgehead atoms. The van der Waals surface area contributed by atoms with Gasteiger partial charge in [-0.25, -0.2) is 4.18 Å². The summed E-state index contributed by atoms with van der Waals surface area (Å²) < 4.78 is 59.2. The average Bonchev–Trinajstić information content (AvgIpc) is 3.27. The lowest BCUT2D eigenvalue weighted by Crippen LogP contribution is -2.60. The van der Waals surface area contributed by atoms with Crippen molar-refractivity contribution in [2.45, 2.75) is 218 Å². The number of carbonyl (C=O) groups is 1. The summed E-state index contributed by atoms with van der Waals surface area (Å²) in [6, 6.07) is 0. The third kappa shape index (κ3) is 34.8. The van der Waals surface area contributed by atoms with E-state index in [-0.39, 0.29) is 19.6 Å². The van der Waals surface area contributed by atoms with Crippen molar-refractivity contribution in [3.8, 4) is 0 Å². The lowest BCUT2D eigenvalue weighted by Gasteiger charge is -2.41. The lowest BCUT2D eigenvalue weighted by atomic mass is 9.99. The maximum atomic E-state index is 12.9. The van der Waals surface area contributed by atoms with Crippen LogP contribution in [0.25, 0.3) is 0 Å². The second-order valence-corrected chi connectivity index (χ2v) is 17.7. The van der Waals surface area contributed by atoms with Gasteiger partial charge >= 0.3 is 16.4 Å². The number of ether oxygens (including phenoxy) is 4. The molecule has 0 aromatic heterocycles. The van der Waals surface area contributed by atoms with Gasteiger partial charge in [0.05, 0.1) is 19.8 Å². The van der Waals surface area contributed by atoms with Crippen LogP contribution in [0.4, 0.5) is 0 Å². The summed E-state index contributed by atoms with van der Waals surface area (Å²) in [6.07, 6.45) is 45.0. The molecule has 1 aliphatic rings. The molecule has 0 saturated carbocycles. The molecule has 6 unspecified atom stereocenters. The normalized spacial score (nSPS) is 20.4. The Balaban J connectivity index is 2.40. The van der Waals surface area contributed by atoms with E-state index < -0.39 is 59.8 Å². The van der Waals surface area contributed by atoms with Gasteiger partial charge in [0.1, 0.15) is 30.5 Å². The Morgan fingerprint density at radius 3 is 1.58 bits per heavy atom. The number of unbranched alkanes of at least 4 members (excludes halogenated alkanes) is 17. The Morgan fingerprint density at radius 1 is 0.609 bits per heavy atom. The van der Waals surface area contributed by atoms with Gasteiger partial charge in [-0.05, 0) is 83.5 Å². The number of allylic oxidation sites excluding steroid dienone is 12. The first kappa shape index (κ1) is 59.6. The first-order chi connectivity index (χ1) is 31.1. The van der Waals surface area contributed by atoms with Gasteiger partial charge in [0.15, 0.2) is 6.29 Å². The van der Waals surface area contributed by atoms with Gasteiger partial charge in [-0.2, -0.15) is 8.42 Å². The maximum Gasteiger partial charge on any atom is 0.397 e. The van der Waals surface area contributed by atoms with Gasteiger partial charge in [0.25, 0.3) is 0 Å². The van der Waals surface area contributed by atoms with Crippen molar-refractivity contribution in [1.29, 1.82) is 0 Å². The molecule has 1 heterocycles. The molecule has 0 amide bonds. The van der Waals surface area contributed by atoms with Crippen molar-refractivity contribution in [2.24, 2.45) is 0 Å².